The highest BCUT2D eigenvalue weighted by molar-refractivity contribution is 5.90. The maximum Gasteiger partial charge on any atom is 0.134 e. The summed E-state index contributed by atoms with van der Waals surface area (Å²) in [6.45, 7) is 26.6. The zero-order valence-corrected chi connectivity index (χ0v) is 25.8. The molecule has 0 fully saturated rings. The molecule has 0 heterocycles. The number of hydrogen-bond acceptors (Lipinski definition) is 4. The molecule has 202 valence electrons. The molecule has 2 aromatic rings. The van der Waals surface area contributed by atoms with Crippen molar-refractivity contribution in [3.8, 4) is 34.1 Å². The van der Waals surface area contributed by atoms with Gasteiger partial charge in [-0.25, -0.2) is 0 Å². The fourth-order valence-electron chi connectivity index (χ4n) is 4.83. The second kappa shape index (κ2) is 9.84. The molecule has 0 aromatic heterocycles. The number of benzene rings is 2. The monoisotopic (exact) mass is 498 g/mol. The van der Waals surface area contributed by atoms with E-state index in [1.807, 2.05) is 0 Å². The van der Waals surface area contributed by atoms with Crippen molar-refractivity contribution in [1.29, 1.82) is 0 Å². The Kier molecular flexibility index (Phi) is 8.16. The van der Waals surface area contributed by atoms with Crippen LogP contribution in [0.5, 0.6) is 23.0 Å². The maximum atomic E-state index is 6.23. The molecular weight excluding hydrogens is 448 g/mol. The Balaban J connectivity index is 3.45. The lowest BCUT2D eigenvalue weighted by Gasteiger charge is -2.34. The van der Waals surface area contributed by atoms with E-state index in [1.165, 1.54) is 0 Å². The first-order valence-corrected chi connectivity index (χ1v) is 12.9. The molecule has 0 radical (unpaired) electrons. The van der Waals surface area contributed by atoms with Gasteiger partial charge in [0.05, 0.1) is 39.6 Å². The van der Waals surface area contributed by atoms with Gasteiger partial charge in [0.15, 0.2) is 0 Å². The van der Waals surface area contributed by atoms with Crippen LogP contribution in [0, 0.1) is 0 Å². The minimum atomic E-state index is -0.165. The minimum Gasteiger partial charge on any atom is -0.496 e. The van der Waals surface area contributed by atoms with Crippen molar-refractivity contribution in [2.24, 2.45) is 0 Å². The highest BCUT2D eigenvalue weighted by atomic mass is 16.5. The average Bonchev–Trinajstić information content (AvgIpc) is 2.73. The molecule has 36 heavy (non-hydrogen) atoms. The van der Waals surface area contributed by atoms with Gasteiger partial charge in [-0.2, -0.15) is 0 Å². The molecular formula is C32H50O4. The van der Waals surface area contributed by atoms with Crippen LogP contribution >= 0.6 is 0 Å². The average molecular weight is 499 g/mol. The van der Waals surface area contributed by atoms with E-state index in [0.717, 1.165) is 56.4 Å². The predicted molar refractivity (Wildman–Crippen MR) is 153 cm³/mol. The third kappa shape index (κ3) is 5.48. The highest BCUT2D eigenvalue weighted by Crippen LogP contribution is 2.57. The van der Waals surface area contributed by atoms with Crippen LogP contribution in [0.2, 0.25) is 0 Å². The summed E-state index contributed by atoms with van der Waals surface area (Å²) in [4.78, 5) is 0. The minimum absolute atomic E-state index is 0.165. The summed E-state index contributed by atoms with van der Waals surface area (Å²) in [5, 5.41) is 0. The molecule has 0 aliphatic heterocycles. The molecule has 0 N–H and O–H groups in total. The zero-order valence-electron chi connectivity index (χ0n) is 25.8. The number of ether oxygens (including phenoxy) is 4. The van der Waals surface area contributed by atoms with Crippen LogP contribution in [-0.4, -0.2) is 28.4 Å². The zero-order chi connectivity index (χ0) is 28.0. The van der Waals surface area contributed by atoms with Gasteiger partial charge in [0.2, 0.25) is 0 Å². The van der Waals surface area contributed by atoms with Crippen LogP contribution < -0.4 is 18.9 Å². The van der Waals surface area contributed by atoms with E-state index in [4.69, 9.17) is 18.9 Å². The van der Waals surface area contributed by atoms with Crippen molar-refractivity contribution in [1.82, 2.24) is 0 Å². The Bertz CT molecular complexity index is 928. The van der Waals surface area contributed by atoms with Gasteiger partial charge in [0.1, 0.15) is 23.0 Å². The third-order valence-corrected chi connectivity index (χ3v) is 6.76. The predicted octanol–water partition coefficient (Wildman–Crippen LogP) is 8.58. The molecule has 0 aliphatic rings. The van der Waals surface area contributed by atoms with E-state index in [2.05, 4.69) is 95.2 Å². The molecule has 0 spiro atoms. The van der Waals surface area contributed by atoms with E-state index in [0.29, 0.717) is 0 Å². The first-order chi connectivity index (χ1) is 16.2. The van der Waals surface area contributed by atoms with Crippen molar-refractivity contribution in [3.63, 3.8) is 0 Å². The van der Waals surface area contributed by atoms with Crippen molar-refractivity contribution >= 4 is 0 Å². The van der Waals surface area contributed by atoms with Crippen molar-refractivity contribution in [3.05, 3.63) is 34.4 Å². The molecule has 0 amide bonds. The summed E-state index contributed by atoms with van der Waals surface area (Å²) in [5.74, 6) is 3.15. The third-order valence-electron chi connectivity index (χ3n) is 6.76. The lowest BCUT2D eigenvalue weighted by atomic mass is 9.74. The van der Waals surface area contributed by atoms with Gasteiger partial charge in [0, 0.05) is 22.3 Å². The fraction of sp³-hybridized carbons (Fsp3) is 0.625. The lowest BCUT2D eigenvalue weighted by molar-refractivity contribution is 0.365. The molecule has 0 atom stereocenters. The molecule has 0 bridgehead atoms. The van der Waals surface area contributed by atoms with E-state index >= 15 is 0 Å². The van der Waals surface area contributed by atoms with Gasteiger partial charge in [-0.3, -0.25) is 0 Å². The first-order valence-electron chi connectivity index (χ1n) is 12.9. The molecule has 4 nitrogen and oxygen atoms in total. The van der Waals surface area contributed by atoms with E-state index in [1.54, 1.807) is 28.4 Å². The molecule has 0 aliphatic carbocycles. The molecule has 2 rings (SSSR count). The van der Waals surface area contributed by atoms with Crippen LogP contribution in [0.15, 0.2) is 12.1 Å². The SMILES string of the molecule is COc1c(C(C)(C)C)cc(C(C)(C)C)c(OC)c1-c1c(OC)c(C(C)(C)C)cc(C(C)(C)C)c1OC. The lowest BCUT2D eigenvalue weighted by Crippen LogP contribution is -2.21. The second-order valence-electron chi connectivity index (χ2n) is 13.8. The summed E-state index contributed by atoms with van der Waals surface area (Å²) in [7, 11) is 6.95. The summed E-state index contributed by atoms with van der Waals surface area (Å²) >= 11 is 0. The van der Waals surface area contributed by atoms with Crippen LogP contribution in [-0.2, 0) is 21.7 Å². The van der Waals surface area contributed by atoms with Crippen molar-refractivity contribution in [2.75, 3.05) is 28.4 Å². The van der Waals surface area contributed by atoms with Gasteiger partial charge >= 0.3 is 0 Å². The number of hydrogen-bond donors (Lipinski definition) is 0. The van der Waals surface area contributed by atoms with Gasteiger partial charge in [0.25, 0.3) is 0 Å². The van der Waals surface area contributed by atoms with Crippen LogP contribution in [0.1, 0.15) is 105 Å². The summed E-state index contributed by atoms with van der Waals surface area (Å²) in [6.07, 6.45) is 0. The smallest absolute Gasteiger partial charge is 0.134 e. The molecule has 0 unspecified atom stereocenters. The Morgan fingerprint density at radius 2 is 0.528 bits per heavy atom. The molecule has 2 aromatic carbocycles. The standard InChI is InChI=1S/C32H50O4/c1-29(2,3)19-17-20(30(4,5)6)26(34-14)23(25(19)33-13)24-27(35-15)21(31(7,8)9)18-22(28(24)36-16)32(10,11)12/h17-18H,1-16H3. The largest absolute Gasteiger partial charge is 0.496 e. The maximum absolute atomic E-state index is 6.23. The first kappa shape index (κ1) is 29.9. The van der Waals surface area contributed by atoms with Gasteiger partial charge in [-0.05, 0) is 33.8 Å². The quantitative estimate of drug-likeness (QED) is 0.414. The topological polar surface area (TPSA) is 36.9 Å². The Morgan fingerprint density at radius 1 is 0.361 bits per heavy atom. The van der Waals surface area contributed by atoms with Crippen LogP contribution in [0.3, 0.4) is 0 Å². The highest BCUT2D eigenvalue weighted by Gasteiger charge is 2.37. The van der Waals surface area contributed by atoms with Gasteiger partial charge in [-0.1, -0.05) is 83.1 Å². The number of rotatable bonds is 5. The summed E-state index contributed by atoms with van der Waals surface area (Å²) < 4.78 is 24.9. The van der Waals surface area contributed by atoms with E-state index in [9.17, 15) is 0 Å². The normalized spacial score (nSPS) is 13.0. The van der Waals surface area contributed by atoms with Gasteiger partial charge < -0.3 is 18.9 Å². The van der Waals surface area contributed by atoms with Gasteiger partial charge in [-0.15, -0.1) is 0 Å². The van der Waals surface area contributed by atoms with Crippen molar-refractivity contribution < 1.29 is 18.9 Å². The van der Waals surface area contributed by atoms with E-state index in [-0.39, 0.29) is 21.7 Å². The number of methoxy groups -OCH3 is 4. The molecule has 0 saturated carbocycles. The van der Waals surface area contributed by atoms with E-state index < -0.39 is 0 Å². The second-order valence-corrected chi connectivity index (χ2v) is 13.8. The Labute approximate surface area is 220 Å². The summed E-state index contributed by atoms with van der Waals surface area (Å²) in [5.41, 5.74) is 5.57. The van der Waals surface area contributed by atoms with Crippen LogP contribution in [0.25, 0.3) is 11.1 Å². The summed E-state index contributed by atoms with van der Waals surface area (Å²) in [6, 6.07) is 4.50. The van der Waals surface area contributed by atoms with Crippen LogP contribution in [0.4, 0.5) is 0 Å². The molecule has 4 heteroatoms. The van der Waals surface area contributed by atoms with Crippen molar-refractivity contribution in [2.45, 2.75) is 105 Å². The molecule has 0 saturated heterocycles. The Morgan fingerprint density at radius 3 is 0.639 bits per heavy atom. The fourth-order valence-corrected chi connectivity index (χ4v) is 4.83. The Hall–Kier alpha value is -2.36.